The van der Waals surface area contributed by atoms with Crippen LogP contribution in [0.5, 0.6) is 0 Å². The topological polar surface area (TPSA) is 92.1 Å². The van der Waals surface area contributed by atoms with Gasteiger partial charge in [0, 0.05) is 12.5 Å². The van der Waals surface area contributed by atoms with Gasteiger partial charge in [-0.1, -0.05) is 61.7 Å². The van der Waals surface area contributed by atoms with Crippen LogP contribution in [0.1, 0.15) is 68.8 Å². The molecule has 1 aliphatic heterocycles. The number of nitrogens with one attached hydrogen (secondary N) is 3. The van der Waals surface area contributed by atoms with Crippen molar-refractivity contribution in [2.24, 2.45) is 0 Å². The lowest BCUT2D eigenvalue weighted by Crippen LogP contribution is -2.53. The van der Waals surface area contributed by atoms with Crippen molar-refractivity contribution in [3.8, 4) is 0 Å². The Morgan fingerprint density at radius 3 is 2.70 bits per heavy atom. The van der Waals surface area contributed by atoms with Gasteiger partial charge >= 0.3 is 0 Å². The van der Waals surface area contributed by atoms with Crippen LogP contribution in [-0.2, 0) is 16.8 Å². The van der Waals surface area contributed by atoms with Crippen LogP contribution in [0.3, 0.4) is 0 Å². The third-order valence-electron chi connectivity index (χ3n) is 5.68. The molecule has 1 saturated carbocycles. The van der Waals surface area contributed by atoms with Gasteiger partial charge in [0.2, 0.25) is 5.91 Å². The highest BCUT2D eigenvalue weighted by molar-refractivity contribution is 5.83. The van der Waals surface area contributed by atoms with Crippen molar-refractivity contribution >= 4 is 5.91 Å². The summed E-state index contributed by atoms with van der Waals surface area (Å²) in [7, 11) is 0. The van der Waals surface area contributed by atoms with Crippen LogP contribution in [0.25, 0.3) is 0 Å². The Kier molecular flexibility index (Phi) is 5.22. The van der Waals surface area contributed by atoms with Gasteiger partial charge in [-0.25, -0.2) is 10.9 Å². The highest BCUT2D eigenvalue weighted by Gasteiger charge is 2.42. The first-order chi connectivity index (χ1) is 13.2. The number of carbonyl (C=O) groups is 1. The van der Waals surface area contributed by atoms with Crippen LogP contribution in [0.15, 0.2) is 34.9 Å². The average molecular weight is 369 g/mol. The summed E-state index contributed by atoms with van der Waals surface area (Å²) < 4.78 is 5.54. The van der Waals surface area contributed by atoms with Crippen LogP contribution in [-0.4, -0.2) is 22.1 Å². The molecule has 0 radical (unpaired) electrons. The van der Waals surface area contributed by atoms with Crippen molar-refractivity contribution in [3.05, 3.63) is 47.6 Å². The predicted molar refractivity (Wildman–Crippen MR) is 100 cm³/mol. The summed E-state index contributed by atoms with van der Waals surface area (Å²) in [4.78, 5) is 17.6. The summed E-state index contributed by atoms with van der Waals surface area (Å²) in [5, 5.41) is 7.31. The van der Waals surface area contributed by atoms with Gasteiger partial charge in [-0.3, -0.25) is 4.79 Å². The van der Waals surface area contributed by atoms with Gasteiger partial charge in [0.1, 0.15) is 11.6 Å². The van der Waals surface area contributed by atoms with Gasteiger partial charge < -0.3 is 9.84 Å². The monoisotopic (exact) mass is 369 g/mol. The number of aryl methyl sites for hydroxylation is 1. The number of aromatic nitrogens is 2. The second-order valence-corrected chi connectivity index (χ2v) is 7.54. The van der Waals surface area contributed by atoms with Crippen molar-refractivity contribution < 1.29 is 9.32 Å². The van der Waals surface area contributed by atoms with E-state index in [1.165, 1.54) is 12.0 Å². The number of carbonyl (C=O) groups excluding carboxylic acids is 1. The molecule has 7 nitrogen and oxygen atoms in total. The maximum atomic E-state index is 13.0. The summed E-state index contributed by atoms with van der Waals surface area (Å²) in [6.45, 7) is 2.00. The fourth-order valence-corrected chi connectivity index (χ4v) is 4.09. The molecule has 1 amide bonds. The number of benzene rings is 1. The molecule has 4 rings (SSSR count). The summed E-state index contributed by atoms with van der Waals surface area (Å²) in [6.07, 6.45) is 6.38. The van der Waals surface area contributed by atoms with E-state index in [0.717, 1.165) is 32.1 Å². The van der Waals surface area contributed by atoms with E-state index in [1.807, 2.05) is 25.1 Å². The fraction of sp³-hybridized carbons (Fsp3) is 0.550. The minimum Gasteiger partial charge on any atom is -0.340 e. The molecule has 27 heavy (non-hydrogen) atoms. The van der Waals surface area contributed by atoms with Crippen LogP contribution < -0.4 is 16.2 Å². The van der Waals surface area contributed by atoms with E-state index in [1.54, 1.807) is 0 Å². The van der Waals surface area contributed by atoms with Crippen molar-refractivity contribution in [2.45, 2.75) is 69.5 Å². The predicted octanol–water partition coefficient (Wildman–Crippen LogP) is 2.52. The Bertz CT molecular complexity index is 770. The smallest absolute Gasteiger partial charge is 0.252 e. The summed E-state index contributed by atoms with van der Waals surface area (Å²) in [6, 6.07) is 10.0. The Balaban J connectivity index is 1.47. The van der Waals surface area contributed by atoms with Crippen molar-refractivity contribution in [1.29, 1.82) is 0 Å². The van der Waals surface area contributed by atoms with Crippen LogP contribution in [0.4, 0.5) is 0 Å². The molecule has 2 aliphatic rings. The Morgan fingerprint density at radius 2 is 2.00 bits per heavy atom. The lowest BCUT2D eigenvalue weighted by molar-refractivity contribution is -0.126. The summed E-state index contributed by atoms with van der Waals surface area (Å²) >= 11 is 0. The van der Waals surface area contributed by atoms with Gasteiger partial charge in [0.25, 0.3) is 5.89 Å². The Labute approximate surface area is 159 Å². The minimum atomic E-state index is -0.539. The van der Waals surface area contributed by atoms with E-state index in [2.05, 4.69) is 38.4 Å². The molecule has 0 bridgehead atoms. The van der Waals surface area contributed by atoms with Crippen molar-refractivity contribution in [1.82, 2.24) is 26.3 Å². The lowest BCUT2D eigenvalue weighted by Gasteiger charge is -2.35. The standard InChI is InChI=1S/C20H27N5O2/c1-2-17-21-19(27-25-17)20(11-7-4-8-12-20)22-18(26)16-13-15(23-24-16)14-9-5-3-6-10-14/h3,5-6,9-10,15-16,23-24H,2,4,7-8,11-13H2,1H3,(H,22,26). The first kappa shape index (κ1) is 18.1. The number of hydrogen-bond acceptors (Lipinski definition) is 6. The molecule has 2 fully saturated rings. The highest BCUT2D eigenvalue weighted by atomic mass is 16.5. The maximum absolute atomic E-state index is 13.0. The molecular weight excluding hydrogens is 342 g/mol. The van der Waals surface area contributed by atoms with E-state index in [4.69, 9.17) is 4.52 Å². The molecule has 3 N–H and O–H groups in total. The van der Waals surface area contributed by atoms with E-state index in [0.29, 0.717) is 18.1 Å². The van der Waals surface area contributed by atoms with Crippen molar-refractivity contribution in [3.63, 3.8) is 0 Å². The zero-order valence-electron chi connectivity index (χ0n) is 15.7. The van der Waals surface area contributed by atoms with Crippen LogP contribution in [0, 0.1) is 0 Å². The molecule has 1 aromatic heterocycles. The second-order valence-electron chi connectivity index (χ2n) is 7.54. The molecule has 2 atom stereocenters. The van der Waals surface area contributed by atoms with E-state index < -0.39 is 5.54 Å². The van der Waals surface area contributed by atoms with Gasteiger partial charge in [0.05, 0.1) is 0 Å². The van der Waals surface area contributed by atoms with Crippen LogP contribution >= 0.6 is 0 Å². The second kappa shape index (κ2) is 7.78. The number of hydrazine groups is 1. The molecule has 0 spiro atoms. The lowest BCUT2D eigenvalue weighted by atomic mass is 9.81. The van der Waals surface area contributed by atoms with Crippen molar-refractivity contribution in [2.75, 3.05) is 0 Å². The van der Waals surface area contributed by atoms with Gasteiger partial charge in [-0.05, 0) is 24.8 Å². The molecule has 2 aromatic rings. The van der Waals surface area contributed by atoms with Gasteiger partial charge in [-0.15, -0.1) is 0 Å². The number of rotatable bonds is 5. The quantitative estimate of drug-likeness (QED) is 0.750. The van der Waals surface area contributed by atoms with E-state index >= 15 is 0 Å². The van der Waals surface area contributed by atoms with E-state index in [9.17, 15) is 4.79 Å². The molecule has 2 heterocycles. The largest absolute Gasteiger partial charge is 0.340 e. The highest BCUT2D eigenvalue weighted by Crippen LogP contribution is 2.36. The Morgan fingerprint density at radius 1 is 1.22 bits per heavy atom. The average Bonchev–Trinajstić information content (AvgIpc) is 3.39. The zero-order valence-corrected chi connectivity index (χ0v) is 15.7. The summed E-state index contributed by atoms with van der Waals surface area (Å²) in [5.74, 6) is 1.23. The number of nitrogens with zero attached hydrogens (tertiary/aromatic N) is 2. The zero-order chi connectivity index (χ0) is 18.7. The van der Waals surface area contributed by atoms with Gasteiger partial charge in [-0.2, -0.15) is 4.98 Å². The normalized spacial score (nSPS) is 24.6. The fourth-order valence-electron chi connectivity index (χ4n) is 4.09. The summed E-state index contributed by atoms with van der Waals surface area (Å²) in [5.41, 5.74) is 7.03. The molecule has 1 aliphatic carbocycles. The molecular formula is C20H27N5O2. The molecule has 1 aromatic carbocycles. The molecule has 1 saturated heterocycles. The van der Waals surface area contributed by atoms with Crippen LogP contribution in [0.2, 0.25) is 0 Å². The molecule has 2 unspecified atom stereocenters. The first-order valence-corrected chi connectivity index (χ1v) is 9.91. The third-order valence-corrected chi connectivity index (χ3v) is 5.68. The number of hydrogen-bond donors (Lipinski definition) is 3. The SMILES string of the molecule is CCc1noc(C2(NC(=O)C3CC(c4ccccc4)NN3)CCCCC2)n1. The van der Waals surface area contributed by atoms with E-state index in [-0.39, 0.29) is 18.0 Å². The Hall–Kier alpha value is -2.25. The maximum Gasteiger partial charge on any atom is 0.252 e. The molecule has 144 valence electrons. The van der Waals surface area contributed by atoms with Gasteiger partial charge in [0.15, 0.2) is 5.82 Å². The first-order valence-electron chi connectivity index (χ1n) is 9.91. The number of amides is 1. The minimum absolute atomic E-state index is 0.0147. The third kappa shape index (κ3) is 3.75. The molecule has 7 heteroatoms.